The Balaban J connectivity index is 1.86. The molecule has 3 rings (SSSR count). The number of nitrogens with one attached hydrogen (secondary N) is 1. The minimum absolute atomic E-state index is 0.0257. The Labute approximate surface area is 137 Å². The predicted molar refractivity (Wildman–Crippen MR) is 92.3 cm³/mol. The van der Waals surface area contributed by atoms with Crippen molar-refractivity contribution in [3.05, 3.63) is 28.7 Å². The van der Waals surface area contributed by atoms with Crippen LogP contribution in [0.2, 0.25) is 0 Å². The maximum absolute atomic E-state index is 12.7. The Morgan fingerprint density at radius 2 is 1.95 bits per heavy atom. The van der Waals surface area contributed by atoms with Crippen LogP contribution in [0.5, 0.6) is 0 Å². The van der Waals surface area contributed by atoms with Crippen LogP contribution in [0.4, 0.5) is 0 Å². The van der Waals surface area contributed by atoms with Gasteiger partial charge in [0.05, 0.1) is 0 Å². The van der Waals surface area contributed by atoms with Crippen LogP contribution in [-0.4, -0.2) is 26.5 Å². The summed E-state index contributed by atoms with van der Waals surface area (Å²) in [5, 5.41) is 3.68. The zero-order chi connectivity index (χ0) is 15.9. The molecular formula is C17H23N3OS. The van der Waals surface area contributed by atoms with Gasteiger partial charge in [-0.15, -0.1) is 0 Å². The number of amides is 1. The first-order chi connectivity index (χ1) is 10.5. The highest BCUT2D eigenvalue weighted by atomic mass is 32.1. The molecule has 0 aromatic carbocycles. The van der Waals surface area contributed by atoms with Crippen LogP contribution in [-0.2, 0) is 11.8 Å². The van der Waals surface area contributed by atoms with E-state index in [1.54, 1.807) is 4.90 Å². The van der Waals surface area contributed by atoms with Gasteiger partial charge in [0.25, 0.3) is 5.91 Å². The smallest absolute Gasteiger partial charge is 0.276 e. The molecular weight excluding hydrogens is 294 g/mol. The summed E-state index contributed by atoms with van der Waals surface area (Å²) in [6, 6.07) is 2.37. The maximum atomic E-state index is 12.7. The minimum Gasteiger partial charge on any atom is -0.352 e. The topological polar surface area (TPSA) is 37.3 Å². The van der Waals surface area contributed by atoms with Crippen LogP contribution < -0.4 is 5.32 Å². The van der Waals surface area contributed by atoms with Crippen LogP contribution in [0.25, 0.3) is 6.08 Å². The lowest BCUT2D eigenvalue weighted by atomic mass is 9.94. The molecule has 1 amide bonds. The second kappa shape index (κ2) is 5.88. The summed E-state index contributed by atoms with van der Waals surface area (Å²) >= 11 is 5.40. The fourth-order valence-corrected chi connectivity index (χ4v) is 3.75. The Hall–Kier alpha value is -1.62. The van der Waals surface area contributed by atoms with Gasteiger partial charge in [0.15, 0.2) is 5.11 Å². The Morgan fingerprint density at radius 1 is 1.27 bits per heavy atom. The van der Waals surface area contributed by atoms with Gasteiger partial charge in [0.2, 0.25) is 0 Å². The Bertz CT molecular complexity index is 653. The van der Waals surface area contributed by atoms with Crippen molar-refractivity contribution in [3.63, 3.8) is 0 Å². The molecule has 1 saturated heterocycles. The molecule has 2 heterocycles. The summed E-state index contributed by atoms with van der Waals surface area (Å²) in [6.45, 7) is 4.13. The molecule has 1 aliphatic heterocycles. The van der Waals surface area contributed by atoms with Crippen molar-refractivity contribution in [2.75, 3.05) is 0 Å². The van der Waals surface area contributed by atoms with E-state index < -0.39 is 0 Å². The lowest BCUT2D eigenvalue weighted by molar-refractivity contribution is -0.124. The van der Waals surface area contributed by atoms with Gasteiger partial charge in [-0.1, -0.05) is 19.3 Å². The number of rotatable bonds is 2. The van der Waals surface area contributed by atoms with Crippen molar-refractivity contribution < 1.29 is 4.79 Å². The summed E-state index contributed by atoms with van der Waals surface area (Å²) in [7, 11) is 2.04. The van der Waals surface area contributed by atoms with Gasteiger partial charge in [-0.3, -0.25) is 9.69 Å². The van der Waals surface area contributed by atoms with Crippen LogP contribution in [0.1, 0.15) is 49.1 Å². The third kappa shape index (κ3) is 2.58. The monoisotopic (exact) mass is 317 g/mol. The van der Waals surface area contributed by atoms with Gasteiger partial charge in [-0.2, -0.15) is 0 Å². The van der Waals surface area contributed by atoms with E-state index in [1.165, 1.54) is 25.0 Å². The number of aryl methyl sites for hydroxylation is 1. The van der Waals surface area contributed by atoms with E-state index >= 15 is 0 Å². The maximum Gasteiger partial charge on any atom is 0.276 e. The van der Waals surface area contributed by atoms with E-state index in [2.05, 4.69) is 29.8 Å². The fraction of sp³-hybridized carbons (Fsp3) is 0.529. The Morgan fingerprint density at radius 3 is 2.55 bits per heavy atom. The lowest BCUT2D eigenvalue weighted by Crippen LogP contribution is -2.41. The largest absolute Gasteiger partial charge is 0.352 e. The quantitative estimate of drug-likeness (QED) is 0.673. The molecule has 0 atom stereocenters. The van der Waals surface area contributed by atoms with Gasteiger partial charge in [-0.05, 0) is 56.6 Å². The molecule has 0 radical (unpaired) electrons. The van der Waals surface area contributed by atoms with Crippen molar-refractivity contribution in [2.24, 2.45) is 7.05 Å². The van der Waals surface area contributed by atoms with E-state index in [4.69, 9.17) is 12.2 Å². The van der Waals surface area contributed by atoms with E-state index in [0.29, 0.717) is 10.8 Å². The number of aromatic nitrogens is 1. The van der Waals surface area contributed by atoms with Crippen molar-refractivity contribution >= 4 is 29.3 Å². The van der Waals surface area contributed by atoms with Crippen LogP contribution >= 0.6 is 12.2 Å². The number of nitrogens with zero attached hydrogens (tertiary/aromatic N) is 2. The SMILES string of the molecule is Cc1cc(/C=C2\NC(=S)N(C3CCCCC3)C2=O)c(C)n1C. The minimum atomic E-state index is 0.0257. The number of carbonyl (C=O) groups is 1. The lowest BCUT2D eigenvalue weighted by Gasteiger charge is -2.29. The third-order valence-corrected chi connectivity index (χ3v) is 5.26. The number of hydrogen-bond acceptors (Lipinski definition) is 2. The molecule has 22 heavy (non-hydrogen) atoms. The normalized spacial score (nSPS) is 21.8. The van der Waals surface area contributed by atoms with Gasteiger partial charge >= 0.3 is 0 Å². The number of thiocarbonyl (C=S) groups is 1. The van der Waals surface area contributed by atoms with Gasteiger partial charge in [0, 0.05) is 24.5 Å². The second-order valence-corrected chi connectivity index (χ2v) is 6.73. The molecule has 0 bridgehead atoms. The zero-order valence-corrected chi connectivity index (χ0v) is 14.3. The molecule has 1 N–H and O–H groups in total. The summed E-state index contributed by atoms with van der Waals surface area (Å²) in [6.07, 6.45) is 7.69. The molecule has 118 valence electrons. The first-order valence-electron chi connectivity index (χ1n) is 7.98. The van der Waals surface area contributed by atoms with Crippen molar-refractivity contribution in [1.29, 1.82) is 0 Å². The first-order valence-corrected chi connectivity index (χ1v) is 8.39. The second-order valence-electron chi connectivity index (χ2n) is 6.34. The highest BCUT2D eigenvalue weighted by molar-refractivity contribution is 7.80. The fourth-order valence-electron chi connectivity index (χ4n) is 3.41. The molecule has 1 saturated carbocycles. The summed E-state index contributed by atoms with van der Waals surface area (Å²) < 4.78 is 2.13. The van der Waals surface area contributed by atoms with Crippen molar-refractivity contribution in [1.82, 2.24) is 14.8 Å². The summed E-state index contributed by atoms with van der Waals surface area (Å²) in [5.74, 6) is 0.0257. The summed E-state index contributed by atoms with van der Waals surface area (Å²) in [5.41, 5.74) is 4.01. The highest BCUT2D eigenvalue weighted by Gasteiger charge is 2.36. The van der Waals surface area contributed by atoms with Crippen LogP contribution in [0, 0.1) is 13.8 Å². The van der Waals surface area contributed by atoms with Crippen LogP contribution in [0.15, 0.2) is 11.8 Å². The number of carbonyl (C=O) groups excluding carboxylic acids is 1. The number of hydrogen-bond donors (Lipinski definition) is 1. The van der Waals surface area contributed by atoms with E-state index in [9.17, 15) is 4.79 Å². The molecule has 4 nitrogen and oxygen atoms in total. The average molecular weight is 317 g/mol. The Kier molecular flexibility index (Phi) is 4.08. The van der Waals surface area contributed by atoms with Crippen LogP contribution in [0.3, 0.4) is 0 Å². The molecule has 0 unspecified atom stereocenters. The highest BCUT2D eigenvalue weighted by Crippen LogP contribution is 2.27. The molecule has 0 spiro atoms. The predicted octanol–water partition coefficient (Wildman–Crippen LogP) is 3.03. The van der Waals surface area contributed by atoms with Gasteiger partial charge in [-0.25, -0.2) is 0 Å². The van der Waals surface area contributed by atoms with Crippen molar-refractivity contribution in [3.8, 4) is 0 Å². The molecule has 2 aliphatic rings. The van der Waals surface area contributed by atoms with Gasteiger partial charge in [0.1, 0.15) is 5.70 Å². The zero-order valence-electron chi connectivity index (χ0n) is 13.5. The van der Waals surface area contributed by atoms with Crippen molar-refractivity contribution in [2.45, 2.75) is 52.0 Å². The molecule has 2 fully saturated rings. The van der Waals surface area contributed by atoms with E-state index in [0.717, 1.165) is 24.1 Å². The molecule has 1 aromatic heterocycles. The van der Waals surface area contributed by atoms with E-state index in [-0.39, 0.29) is 11.9 Å². The molecule has 5 heteroatoms. The third-order valence-electron chi connectivity index (χ3n) is 4.96. The van der Waals surface area contributed by atoms with E-state index in [1.807, 2.05) is 13.1 Å². The summed E-state index contributed by atoms with van der Waals surface area (Å²) in [4.78, 5) is 14.5. The molecule has 1 aromatic rings. The standard InChI is InChI=1S/C17H23N3OS/c1-11-9-13(12(2)19(11)3)10-15-16(21)20(17(22)18-15)14-7-5-4-6-8-14/h9-10,14H,4-8H2,1-3H3,(H,18,22)/b15-10-. The first kappa shape index (κ1) is 15.3. The van der Waals surface area contributed by atoms with Gasteiger partial charge < -0.3 is 9.88 Å². The average Bonchev–Trinajstić information content (AvgIpc) is 2.92. The molecule has 1 aliphatic carbocycles.